The summed E-state index contributed by atoms with van der Waals surface area (Å²) in [5.74, 6) is 2.87. The minimum Gasteiger partial charge on any atom is -0.359 e. The van der Waals surface area contributed by atoms with Gasteiger partial charge in [-0.2, -0.15) is 0 Å². The molecule has 0 radical (unpaired) electrons. The van der Waals surface area contributed by atoms with Crippen LogP contribution in [0.4, 0.5) is 0 Å². The van der Waals surface area contributed by atoms with Crippen molar-refractivity contribution in [1.29, 1.82) is 0 Å². The molecule has 2 aromatic carbocycles. The summed E-state index contributed by atoms with van der Waals surface area (Å²) in [6.07, 6.45) is 6.77. The van der Waals surface area contributed by atoms with Gasteiger partial charge < -0.3 is 10.6 Å². The summed E-state index contributed by atoms with van der Waals surface area (Å²) in [5.41, 5.74) is 1.96. The first-order valence-electron chi connectivity index (χ1n) is 10.9. The summed E-state index contributed by atoms with van der Waals surface area (Å²) in [4.78, 5) is 13.3. The molecule has 2 N–H and O–H groups in total. The molecule has 2 aromatic rings. The number of nitrogens with one attached hydrogen (secondary N) is 2. The van der Waals surface area contributed by atoms with Crippen molar-refractivity contribution in [2.75, 3.05) is 0 Å². The molecule has 4 aliphatic carbocycles. The van der Waals surface area contributed by atoms with Gasteiger partial charge in [0.25, 0.3) is 0 Å². The van der Waals surface area contributed by atoms with Gasteiger partial charge in [-0.3, -0.25) is 4.79 Å². The van der Waals surface area contributed by atoms with Gasteiger partial charge in [0, 0.05) is 6.04 Å². The molecule has 1 amide bonds. The predicted molar refractivity (Wildman–Crippen MR) is 119 cm³/mol. The van der Waals surface area contributed by atoms with E-state index in [0.29, 0.717) is 11.2 Å². The molecule has 29 heavy (non-hydrogen) atoms. The molecule has 4 fully saturated rings. The van der Waals surface area contributed by atoms with Crippen molar-refractivity contribution in [3.63, 3.8) is 0 Å². The molecule has 0 unspecified atom stereocenters. The van der Waals surface area contributed by atoms with Crippen molar-refractivity contribution in [3.8, 4) is 0 Å². The molecule has 4 aliphatic rings. The average molecular weight is 405 g/mol. The van der Waals surface area contributed by atoms with E-state index in [1.807, 2.05) is 60.7 Å². The minimum atomic E-state index is -0.365. The van der Waals surface area contributed by atoms with E-state index in [1.165, 1.54) is 32.1 Å². The Balaban J connectivity index is 1.29. The van der Waals surface area contributed by atoms with Crippen LogP contribution in [0, 0.1) is 23.7 Å². The fraction of sp³-hybridized carbons (Fsp3) is 0.440. The second-order valence-electron chi connectivity index (χ2n) is 9.17. The first-order valence-corrected chi connectivity index (χ1v) is 11.3. The van der Waals surface area contributed by atoms with Gasteiger partial charge in [0.15, 0.2) is 5.11 Å². The molecule has 0 heterocycles. The fourth-order valence-electron chi connectivity index (χ4n) is 6.32. The van der Waals surface area contributed by atoms with Crippen molar-refractivity contribution in [1.82, 2.24) is 10.6 Å². The number of benzene rings is 2. The lowest BCUT2D eigenvalue weighted by Gasteiger charge is -2.54. The van der Waals surface area contributed by atoms with E-state index in [-0.39, 0.29) is 11.8 Å². The van der Waals surface area contributed by atoms with Gasteiger partial charge >= 0.3 is 0 Å². The van der Waals surface area contributed by atoms with Crippen LogP contribution in [0.25, 0.3) is 0 Å². The number of rotatable bonds is 4. The fourth-order valence-corrected chi connectivity index (χ4v) is 6.56. The van der Waals surface area contributed by atoms with Crippen LogP contribution in [-0.4, -0.2) is 17.1 Å². The molecule has 0 spiro atoms. The smallest absolute Gasteiger partial charge is 0.238 e. The highest BCUT2D eigenvalue weighted by atomic mass is 32.1. The third-order valence-corrected chi connectivity index (χ3v) is 7.51. The summed E-state index contributed by atoms with van der Waals surface area (Å²) in [6, 6.07) is 20.3. The second-order valence-corrected chi connectivity index (χ2v) is 9.58. The molecule has 4 saturated carbocycles. The zero-order chi connectivity index (χ0) is 19.8. The van der Waals surface area contributed by atoms with Gasteiger partial charge in [0.1, 0.15) is 0 Å². The van der Waals surface area contributed by atoms with Crippen LogP contribution < -0.4 is 10.6 Å². The van der Waals surface area contributed by atoms with Gasteiger partial charge in [-0.15, -0.1) is 0 Å². The minimum absolute atomic E-state index is 0.0660. The van der Waals surface area contributed by atoms with Crippen molar-refractivity contribution in [2.24, 2.45) is 23.7 Å². The Morgan fingerprint density at radius 2 is 1.28 bits per heavy atom. The molecular formula is C25H28N2OS. The highest BCUT2D eigenvalue weighted by molar-refractivity contribution is 7.80. The SMILES string of the molecule is O=C(NC(=S)NC1C2CC3CC(C2)CC1C3)C(c1ccccc1)c1ccccc1. The molecule has 0 aromatic heterocycles. The monoisotopic (exact) mass is 404 g/mol. The van der Waals surface area contributed by atoms with E-state index in [2.05, 4.69) is 10.6 Å². The summed E-state index contributed by atoms with van der Waals surface area (Å²) in [7, 11) is 0. The number of amides is 1. The van der Waals surface area contributed by atoms with E-state index in [4.69, 9.17) is 12.2 Å². The van der Waals surface area contributed by atoms with Gasteiger partial charge in [-0.05, 0) is 79.1 Å². The van der Waals surface area contributed by atoms with E-state index < -0.39 is 0 Å². The van der Waals surface area contributed by atoms with E-state index >= 15 is 0 Å². The Morgan fingerprint density at radius 3 is 1.76 bits per heavy atom. The topological polar surface area (TPSA) is 41.1 Å². The zero-order valence-corrected chi connectivity index (χ0v) is 17.4. The van der Waals surface area contributed by atoms with Gasteiger partial charge in [-0.25, -0.2) is 0 Å². The highest BCUT2D eigenvalue weighted by Crippen LogP contribution is 2.53. The van der Waals surface area contributed by atoms with Gasteiger partial charge in [0.05, 0.1) is 5.92 Å². The number of carbonyl (C=O) groups is 1. The van der Waals surface area contributed by atoms with Crippen molar-refractivity contribution < 1.29 is 4.79 Å². The van der Waals surface area contributed by atoms with Crippen molar-refractivity contribution >= 4 is 23.2 Å². The standard InChI is InChI=1S/C25H28N2OS/c28-24(22(18-7-3-1-4-8-18)19-9-5-2-6-10-19)27-25(29)26-23-20-12-16-11-17(14-20)15-21(23)13-16/h1-10,16-17,20-23H,11-15H2,(H2,26,27,28,29). The molecule has 4 bridgehead atoms. The number of hydrogen-bond acceptors (Lipinski definition) is 2. The van der Waals surface area contributed by atoms with Gasteiger partial charge in [-0.1, -0.05) is 60.7 Å². The molecule has 3 nitrogen and oxygen atoms in total. The Kier molecular flexibility index (Phi) is 5.13. The largest absolute Gasteiger partial charge is 0.359 e. The third-order valence-electron chi connectivity index (χ3n) is 7.29. The van der Waals surface area contributed by atoms with Crippen LogP contribution in [0.3, 0.4) is 0 Å². The molecule has 4 heteroatoms. The Hall–Kier alpha value is -2.20. The first kappa shape index (κ1) is 18.8. The third kappa shape index (κ3) is 3.83. The lowest BCUT2D eigenvalue weighted by atomic mass is 9.54. The Bertz CT molecular complexity index is 815. The van der Waals surface area contributed by atoms with Crippen LogP contribution in [0.5, 0.6) is 0 Å². The summed E-state index contributed by atoms with van der Waals surface area (Å²) in [6.45, 7) is 0. The number of hydrogen-bond donors (Lipinski definition) is 2. The summed E-state index contributed by atoms with van der Waals surface area (Å²) >= 11 is 5.61. The Labute approximate surface area is 178 Å². The van der Waals surface area contributed by atoms with Crippen molar-refractivity contribution in [2.45, 2.75) is 44.1 Å². The van der Waals surface area contributed by atoms with Crippen LogP contribution in [0.15, 0.2) is 60.7 Å². The zero-order valence-electron chi connectivity index (χ0n) is 16.6. The van der Waals surface area contributed by atoms with Crippen molar-refractivity contribution in [3.05, 3.63) is 71.8 Å². The van der Waals surface area contributed by atoms with E-state index in [1.54, 1.807) is 0 Å². The molecular weight excluding hydrogens is 376 g/mol. The maximum absolute atomic E-state index is 13.3. The molecule has 0 atom stereocenters. The van der Waals surface area contributed by atoms with Crippen LogP contribution in [0.2, 0.25) is 0 Å². The predicted octanol–water partition coefficient (Wildman–Crippen LogP) is 4.63. The summed E-state index contributed by atoms with van der Waals surface area (Å²) in [5, 5.41) is 7.06. The lowest BCUT2D eigenvalue weighted by molar-refractivity contribution is -0.120. The first-order chi connectivity index (χ1) is 14.2. The average Bonchev–Trinajstić information content (AvgIpc) is 2.72. The maximum Gasteiger partial charge on any atom is 0.238 e. The molecule has 150 valence electrons. The van der Waals surface area contributed by atoms with E-state index in [9.17, 15) is 4.79 Å². The summed E-state index contributed by atoms with van der Waals surface area (Å²) < 4.78 is 0. The second kappa shape index (κ2) is 7.91. The number of carbonyl (C=O) groups excluding carboxylic acids is 1. The quantitative estimate of drug-likeness (QED) is 0.730. The molecule has 0 aliphatic heterocycles. The highest BCUT2D eigenvalue weighted by Gasteiger charge is 2.48. The number of thiocarbonyl (C=S) groups is 1. The van der Waals surface area contributed by atoms with Gasteiger partial charge in [0.2, 0.25) is 5.91 Å². The van der Waals surface area contributed by atoms with Crippen LogP contribution in [0.1, 0.15) is 49.1 Å². The molecule has 6 rings (SSSR count). The van der Waals surface area contributed by atoms with Crippen LogP contribution >= 0.6 is 12.2 Å². The Morgan fingerprint density at radius 1 is 0.793 bits per heavy atom. The van der Waals surface area contributed by atoms with E-state index in [0.717, 1.165) is 34.8 Å². The maximum atomic E-state index is 13.3. The lowest BCUT2D eigenvalue weighted by Crippen LogP contribution is -2.58. The normalized spacial score (nSPS) is 29.6. The molecule has 0 saturated heterocycles. The van der Waals surface area contributed by atoms with Crippen LogP contribution in [-0.2, 0) is 4.79 Å².